The molecule has 1 saturated carbocycles. The highest BCUT2D eigenvalue weighted by molar-refractivity contribution is 7.10. The van der Waals surface area contributed by atoms with Crippen molar-refractivity contribution in [1.82, 2.24) is 5.32 Å². The van der Waals surface area contributed by atoms with Crippen molar-refractivity contribution in [2.75, 3.05) is 0 Å². The first-order valence-electron chi connectivity index (χ1n) is 5.45. The summed E-state index contributed by atoms with van der Waals surface area (Å²) in [6.45, 7) is 0.694. The Morgan fingerprint density at radius 3 is 3.00 bits per heavy atom. The van der Waals surface area contributed by atoms with E-state index < -0.39 is 0 Å². The van der Waals surface area contributed by atoms with Crippen molar-refractivity contribution < 1.29 is 9.90 Å². The number of rotatable bonds is 4. The molecule has 0 bridgehead atoms. The normalized spacial score (nSPS) is 24.8. The molecule has 0 aromatic carbocycles. The Kier molecular flexibility index (Phi) is 3.58. The molecule has 0 saturated heterocycles. The number of carbonyl (C=O) groups is 1. The fraction of sp³-hybridized carbons (Fsp3) is 0.545. The fourth-order valence-electron chi connectivity index (χ4n) is 2.01. The van der Waals surface area contributed by atoms with Gasteiger partial charge in [0.05, 0.1) is 11.7 Å². The van der Waals surface area contributed by atoms with Crippen molar-refractivity contribution >= 4 is 17.2 Å². The minimum atomic E-state index is -0.386. The van der Waals surface area contributed by atoms with Crippen molar-refractivity contribution in [3.05, 3.63) is 21.9 Å². The first-order valence-corrected chi connectivity index (χ1v) is 6.33. The minimum Gasteiger partial charge on any atom is -0.392 e. The molecule has 1 heterocycles. The Bertz CT molecular complexity index is 378. The highest BCUT2D eigenvalue weighted by Crippen LogP contribution is 2.20. The van der Waals surface area contributed by atoms with E-state index in [0.29, 0.717) is 12.1 Å². The predicted octanol–water partition coefficient (Wildman–Crippen LogP) is 0.850. The van der Waals surface area contributed by atoms with Crippen LogP contribution in [0.25, 0.3) is 0 Å². The number of amides is 1. The SMILES string of the molecule is NC(=O)c1csc(CNC2CCCC2O)c1. The maximum absolute atomic E-state index is 10.9. The van der Waals surface area contributed by atoms with Gasteiger partial charge in [-0.3, -0.25) is 4.79 Å². The van der Waals surface area contributed by atoms with Gasteiger partial charge in [-0.2, -0.15) is 0 Å². The van der Waals surface area contributed by atoms with Crippen molar-refractivity contribution in [1.29, 1.82) is 0 Å². The van der Waals surface area contributed by atoms with Crippen LogP contribution in [0.1, 0.15) is 34.5 Å². The van der Waals surface area contributed by atoms with E-state index in [1.54, 1.807) is 11.4 Å². The molecule has 0 aliphatic heterocycles. The lowest BCUT2D eigenvalue weighted by Crippen LogP contribution is -2.34. The Labute approximate surface area is 98.5 Å². The van der Waals surface area contributed by atoms with Crippen LogP contribution in [0.15, 0.2) is 11.4 Å². The summed E-state index contributed by atoms with van der Waals surface area (Å²) in [4.78, 5) is 12.0. The van der Waals surface area contributed by atoms with E-state index in [2.05, 4.69) is 5.32 Å². The largest absolute Gasteiger partial charge is 0.392 e. The number of aliphatic hydroxyl groups excluding tert-OH is 1. The number of hydrogen-bond acceptors (Lipinski definition) is 4. The van der Waals surface area contributed by atoms with E-state index >= 15 is 0 Å². The molecule has 1 aromatic rings. The quantitative estimate of drug-likeness (QED) is 0.730. The molecule has 2 atom stereocenters. The number of carbonyl (C=O) groups excluding carboxylic acids is 1. The van der Waals surface area contributed by atoms with Gasteiger partial charge in [0.2, 0.25) is 5.91 Å². The van der Waals surface area contributed by atoms with Gasteiger partial charge < -0.3 is 16.2 Å². The lowest BCUT2D eigenvalue weighted by atomic mass is 10.2. The number of primary amides is 1. The third-order valence-corrected chi connectivity index (χ3v) is 3.89. The molecular formula is C11H16N2O2S. The lowest BCUT2D eigenvalue weighted by Gasteiger charge is -2.15. The van der Waals surface area contributed by atoms with Gasteiger partial charge in [-0.05, 0) is 25.3 Å². The van der Waals surface area contributed by atoms with Crippen molar-refractivity contribution in [2.24, 2.45) is 5.73 Å². The Hall–Kier alpha value is -0.910. The van der Waals surface area contributed by atoms with Crippen LogP contribution in [0.4, 0.5) is 0 Å². The van der Waals surface area contributed by atoms with Crippen LogP contribution >= 0.6 is 11.3 Å². The maximum Gasteiger partial charge on any atom is 0.249 e. The van der Waals surface area contributed by atoms with E-state index in [4.69, 9.17) is 5.73 Å². The molecule has 1 amide bonds. The zero-order valence-electron chi connectivity index (χ0n) is 8.98. The molecule has 2 rings (SSSR count). The van der Waals surface area contributed by atoms with Crippen LogP contribution < -0.4 is 11.1 Å². The van der Waals surface area contributed by atoms with Crippen LogP contribution in [0.2, 0.25) is 0 Å². The Balaban J connectivity index is 1.87. The Morgan fingerprint density at radius 2 is 2.44 bits per heavy atom. The summed E-state index contributed by atoms with van der Waals surface area (Å²) in [5, 5.41) is 14.7. The summed E-state index contributed by atoms with van der Waals surface area (Å²) in [7, 11) is 0. The smallest absolute Gasteiger partial charge is 0.249 e. The summed E-state index contributed by atoms with van der Waals surface area (Å²) in [5.41, 5.74) is 5.74. The van der Waals surface area contributed by atoms with E-state index in [-0.39, 0.29) is 18.1 Å². The van der Waals surface area contributed by atoms with Crippen LogP contribution in [0, 0.1) is 0 Å². The molecule has 1 aromatic heterocycles. The number of hydrogen-bond donors (Lipinski definition) is 3. The van der Waals surface area contributed by atoms with Gasteiger partial charge in [-0.25, -0.2) is 0 Å². The van der Waals surface area contributed by atoms with Crippen LogP contribution in [0.3, 0.4) is 0 Å². The van der Waals surface area contributed by atoms with Gasteiger partial charge in [0.25, 0.3) is 0 Å². The first kappa shape index (κ1) is 11.6. The standard InChI is InChI=1S/C11H16N2O2S/c12-11(15)7-4-8(16-6-7)5-13-9-2-1-3-10(9)14/h4,6,9-10,13-14H,1-3,5H2,(H2,12,15). The molecule has 4 nitrogen and oxygen atoms in total. The number of aliphatic hydroxyl groups is 1. The first-order chi connectivity index (χ1) is 7.66. The van der Waals surface area contributed by atoms with Crippen LogP contribution in [0.5, 0.6) is 0 Å². The monoisotopic (exact) mass is 240 g/mol. The van der Waals surface area contributed by atoms with E-state index in [1.807, 2.05) is 0 Å². The summed E-state index contributed by atoms with van der Waals surface area (Å²) >= 11 is 1.52. The molecule has 2 unspecified atom stereocenters. The average Bonchev–Trinajstić information content (AvgIpc) is 2.83. The van der Waals surface area contributed by atoms with Gasteiger partial charge in [0.15, 0.2) is 0 Å². The van der Waals surface area contributed by atoms with Crippen LogP contribution in [-0.2, 0) is 6.54 Å². The Morgan fingerprint density at radius 1 is 1.62 bits per heavy atom. The summed E-state index contributed by atoms with van der Waals surface area (Å²) < 4.78 is 0. The second kappa shape index (κ2) is 4.95. The summed E-state index contributed by atoms with van der Waals surface area (Å²) in [5.74, 6) is -0.386. The van der Waals surface area contributed by atoms with Gasteiger partial charge in [-0.15, -0.1) is 11.3 Å². The molecule has 1 aliphatic rings. The molecule has 4 N–H and O–H groups in total. The molecule has 1 aliphatic carbocycles. The van der Waals surface area contributed by atoms with Crippen molar-refractivity contribution in [3.63, 3.8) is 0 Å². The molecule has 0 radical (unpaired) electrons. The average molecular weight is 240 g/mol. The van der Waals surface area contributed by atoms with Crippen molar-refractivity contribution in [3.8, 4) is 0 Å². The molecular weight excluding hydrogens is 224 g/mol. The molecule has 5 heteroatoms. The number of nitrogens with two attached hydrogens (primary N) is 1. The van der Waals surface area contributed by atoms with E-state index in [1.165, 1.54) is 11.3 Å². The van der Waals surface area contributed by atoms with Crippen LogP contribution in [-0.4, -0.2) is 23.2 Å². The second-order valence-electron chi connectivity index (χ2n) is 4.15. The lowest BCUT2D eigenvalue weighted by molar-refractivity contribution is 0.100. The van der Waals surface area contributed by atoms with Gasteiger partial charge >= 0.3 is 0 Å². The number of thiophene rings is 1. The molecule has 88 valence electrons. The highest BCUT2D eigenvalue weighted by atomic mass is 32.1. The van der Waals surface area contributed by atoms with Gasteiger partial charge in [0.1, 0.15) is 0 Å². The van der Waals surface area contributed by atoms with E-state index in [9.17, 15) is 9.90 Å². The third kappa shape index (κ3) is 2.61. The predicted molar refractivity (Wildman–Crippen MR) is 63.3 cm³/mol. The van der Waals surface area contributed by atoms with E-state index in [0.717, 1.165) is 24.1 Å². The van der Waals surface area contributed by atoms with Gasteiger partial charge in [-0.1, -0.05) is 0 Å². The zero-order valence-corrected chi connectivity index (χ0v) is 9.80. The molecule has 0 spiro atoms. The zero-order chi connectivity index (χ0) is 11.5. The number of nitrogens with one attached hydrogen (secondary N) is 1. The molecule has 1 fully saturated rings. The molecule has 16 heavy (non-hydrogen) atoms. The minimum absolute atomic E-state index is 0.194. The van der Waals surface area contributed by atoms with Gasteiger partial charge in [0, 0.05) is 22.8 Å². The summed E-state index contributed by atoms with van der Waals surface area (Å²) in [6, 6.07) is 2.00. The fourth-order valence-corrected chi connectivity index (χ4v) is 2.84. The second-order valence-corrected chi connectivity index (χ2v) is 5.15. The van der Waals surface area contributed by atoms with Crippen molar-refractivity contribution in [2.45, 2.75) is 38.0 Å². The topological polar surface area (TPSA) is 75.4 Å². The maximum atomic E-state index is 10.9. The third-order valence-electron chi connectivity index (χ3n) is 2.96. The highest BCUT2D eigenvalue weighted by Gasteiger charge is 2.24. The summed E-state index contributed by atoms with van der Waals surface area (Å²) in [6.07, 6.45) is 2.76.